The molecule has 0 bridgehead atoms. The van der Waals surface area contributed by atoms with Crippen molar-refractivity contribution in [1.29, 1.82) is 0 Å². The summed E-state index contributed by atoms with van der Waals surface area (Å²) in [7, 11) is 2.23. The fourth-order valence-corrected chi connectivity index (χ4v) is 3.23. The summed E-state index contributed by atoms with van der Waals surface area (Å²) >= 11 is 0. The van der Waals surface area contributed by atoms with Gasteiger partial charge in [0, 0.05) is 31.7 Å². The van der Waals surface area contributed by atoms with Gasteiger partial charge in [-0.25, -0.2) is 0 Å². The summed E-state index contributed by atoms with van der Waals surface area (Å²) in [5.41, 5.74) is 0. The molecule has 2 aliphatic rings. The minimum Gasteiger partial charge on any atom is -0.314 e. The topological polar surface area (TPSA) is 18.5 Å². The van der Waals surface area contributed by atoms with Crippen molar-refractivity contribution in [3.8, 4) is 0 Å². The zero-order chi connectivity index (χ0) is 12.1. The summed E-state index contributed by atoms with van der Waals surface area (Å²) in [6.07, 6.45) is 7.00. The molecule has 0 radical (unpaired) electrons. The molecule has 1 saturated carbocycles. The van der Waals surface area contributed by atoms with Gasteiger partial charge >= 0.3 is 0 Å². The number of nitrogens with zero attached hydrogens (tertiary/aromatic N) is 2. The molecule has 3 nitrogen and oxygen atoms in total. The Kier molecular flexibility index (Phi) is 5.26. The van der Waals surface area contributed by atoms with Gasteiger partial charge in [0.15, 0.2) is 0 Å². The summed E-state index contributed by atoms with van der Waals surface area (Å²) in [6.45, 7) is 8.57. The molecule has 1 N–H and O–H groups in total. The van der Waals surface area contributed by atoms with Crippen LogP contribution in [0.15, 0.2) is 0 Å². The van der Waals surface area contributed by atoms with E-state index in [0.29, 0.717) is 0 Å². The lowest BCUT2D eigenvalue weighted by atomic mass is 10.2. The van der Waals surface area contributed by atoms with Gasteiger partial charge in [0.25, 0.3) is 0 Å². The highest BCUT2D eigenvalue weighted by Crippen LogP contribution is 2.17. The smallest absolute Gasteiger partial charge is 0.0195 e. The first-order chi connectivity index (χ1) is 8.25. The molecule has 0 amide bonds. The Morgan fingerprint density at radius 2 is 1.94 bits per heavy atom. The fraction of sp³-hybridized carbons (Fsp3) is 1.00. The standard InChI is InChI=1S/C14H29N3/c1-13-12-16(2)10-11-17(13)9-5-8-15-14-6-3-4-7-14/h13-15H,3-12H2,1-2H3. The van der Waals surface area contributed by atoms with Crippen molar-refractivity contribution in [2.75, 3.05) is 39.8 Å². The van der Waals surface area contributed by atoms with E-state index in [1.165, 1.54) is 64.8 Å². The highest BCUT2D eigenvalue weighted by atomic mass is 15.3. The van der Waals surface area contributed by atoms with Gasteiger partial charge in [0.2, 0.25) is 0 Å². The molecule has 0 aromatic heterocycles. The second kappa shape index (κ2) is 6.72. The molecule has 1 saturated heterocycles. The van der Waals surface area contributed by atoms with Crippen molar-refractivity contribution in [2.45, 2.75) is 51.1 Å². The molecule has 2 rings (SSSR count). The zero-order valence-electron chi connectivity index (χ0n) is 11.6. The van der Waals surface area contributed by atoms with Crippen LogP contribution in [0.4, 0.5) is 0 Å². The third-order valence-corrected chi connectivity index (χ3v) is 4.38. The van der Waals surface area contributed by atoms with Gasteiger partial charge in [-0.1, -0.05) is 12.8 Å². The van der Waals surface area contributed by atoms with E-state index < -0.39 is 0 Å². The molecule has 1 atom stereocenters. The van der Waals surface area contributed by atoms with E-state index in [4.69, 9.17) is 0 Å². The average Bonchev–Trinajstić information content (AvgIpc) is 2.79. The van der Waals surface area contributed by atoms with Crippen molar-refractivity contribution in [2.24, 2.45) is 0 Å². The Balaban J connectivity index is 1.55. The van der Waals surface area contributed by atoms with Crippen LogP contribution in [0.2, 0.25) is 0 Å². The quantitative estimate of drug-likeness (QED) is 0.734. The lowest BCUT2D eigenvalue weighted by Crippen LogP contribution is -2.50. The maximum atomic E-state index is 3.71. The molecule has 3 heteroatoms. The van der Waals surface area contributed by atoms with E-state index in [0.717, 1.165) is 12.1 Å². The molecule has 1 unspecified atom stereocenters. The van der Waals surface area contributed by atoms with E-state index in [1.54, 1.807) is 0 Å². The predicted molar refractivity (Wildman–Crippen MR) is 73.4 cm³/mol. The van der Waals surface area contributed by atoms with Gasteiger partial charge in [-0.05, 0) is 46.3 Å². The van der Waals surface area contributed by atoms with Crippen molar-refractivity contribution in [1.82, 2.24) is 15.1 Å². The van der Waals surface area contributed by atoms with E-state index in [1.807, 2.05) is 0 Å². The van der Waals surface area contributed by atoms with E-state index >= 15 is 0 Å². The minimum atomic E-state index is 0.736. The second-order valence-electron chi connectivity index (χ2n) is 5.94. The minimum absolute atomic E-state index is 0.736. The highest BCUT2D eigenvalue weighted by Gasteiger charge is 2.20. The van der Waals surface area contributed by atoms with Crippen LogP contribution in [0.1, 0.15) is 39.0 Å². The Bertz CT molecular complexity index is 214. The Morgan fingerprint density at radius 3 is 2.65 bits per heavy atom. The third-order valence-electron chi connectivity index (χ3n) is 4.38. The Labute approximate surface area is 107 Å². The van der Waals surface area contributed by atoms with E-state index in [9.17, 15) is 0 Å². The van der Waals surface area contributed by atoms with Crippen LogP contribution in [0.5, 0.6) is 0 Å². The molecule has 100 valence electrons. The predicted octanol–water partition coefficient (Wildman–Crippen LogP) is 1.54. The van der Waals surface area contributed by atoms with Crippen LogP contribution in [0.25, 0.3) is 0 Å². The van der Waals surface area contributed by atoms with Gasteiger partial charge in [0.05, 0.1) is 0 Å². The number of nitrogens with one attached hydrogen (secondary N) is 1. The van der Waals surface area contributed by atoms with Gasteiger partial charge in [-0.3, -0.25) is 4.90 Å². The van der Waals surface area contributed by atoms with Crippen LogP contribution in [0.3, 0.4) is 0 Å². The fourth-order valence-electron chi connectivity index (χ4n) is 3.23. The van der Waals surface area contributed by atoms with E-state index in [2.05, 4.69) is 29.1 Å². The van der Waals surface area contributed by atoms with Crippen LogP contribution in [-0.2, 0) is 0 Å². The van der Waals surface area contributed by atoms with Crippen molar-refractivity contribution >= 4 is 0 Å². The Morgan fingerprint density at radius 1 is 1.18 bits per heavy atom. The monoisotopic (exact) mass is 239 g/mol. The van der Waals surface area contributed by atoms with Crippen molar-refractivity contribution in [3.63, 3.8) is 0 Å². The number of rotatable bonds is 5. The van der Waals surface area contributed by atoms with Crippen LogP contribution in [0, 0.1) is 0 Å². The van der Waals surface area contributed by atoms with Crippen LogP contribution >= 0.6 is 0 Å². The highest BCUT2D eigenvalue weighted by molar-refractivity contribution is 4.78. The molecule has 1 heterocycles. The number of piperazine rings is 1. The average molecular weight is 239 g/mol. The van der Waals surface area contributed by atoms with E-state index in [-0.39, 0.29) is 0 Å². The molecule has 2 fully saturated rings. The molecular weight excluding hydrogens is 210 g/mol. The summed E-state index contributed by atoms with van der Waals surface area (Å²) in [5.74, 6) is 0. The maximum absolute atomic E-state index is 3.71. The molecule has 1 aliphatic heterocycles. The SMILES string of the molecule is CC1CN(C)CCN1CCCNC1CCCC1. The summed E-state index contributed by atoms with van der Waals surface area (Å²) in [6, 6.07) is 1.57. The van der Waals surface area contributed by atoms with Gasteiger partial charge in [-0.2, -0.15) is 0 Å². The number of hydrogen-bond acceptors (Lipinski definition) is 3. The first-order valence-corrected chi connectivity index (χ1v) is 7.41. The Hall–Kier alpha value is -0.120. The summed E-state index contributed by atoms with van der Waals surface area (Å²) in [5, 5.41) is 3.71. The zero-order valence-corrected chi connectivity index (χ0v) is 11.6. The number of likely N-dealkylation sites (N-methyl/N-ethyl adjacent to an activating group) is 1. The normalized spacial score (nSPS) is 28.9. The molecular formula is C14H29N3. The molecule has 0 aromatic carbocycles. The molecule has 0 aromatic rings. The maximum Gasteiger partial charge on any atom is 0.0195 e. The second-order valence-corrected chi connectivity index (χ2v) is 5.94. The largest absolute Gasteiger partial charge is 0.314 e. The molecule has 1 aliphatic carbocycles. The van der Waals surface area contributed by atoms with Gasteiger partial charge in [0.1, 0.15) is 0 Å². The summed E-state index contributed by atoms with van der Waals surface area (Å²) in [4.78, 5) is 5.09. The molecule has 17 heavy (non-hydrogen) atoms. The van der Waals surface area contributed by atoms with Crippen LogP contribution < -0.4 is 5.32 Å². The summed E-state index contributed by atoms with van der Waals surface area (Å²) < 4.78 is 0. The van der Waals surface area contributed by atoms with Crippen molar-refractivity contribution < 1.29 is 0 Å². The van der Waals surface area contributed by atoms with Gasteiger partial charge < -0.3 is 10.2 Å². The van der Waals surface area contributed by atoms with Gasteiger partial charge in [-0.15, -0.1) is 0 Å². The molecule has 0 spiro atoms. The number of hydrogen-bond donors (Lipinski definition) is 1. The first kappa shape index (κ1) is 13.3. The van der Waals surface area contributed by atoms with Crippen LogP contribution in [-0.4, -0.2) is 61.7 Å². The lowest BCUT2D eigenvalue weighted by Gasteiger charge is -2.38. The van der Waals surface area contributed by atoms with Crippen molar-refractivity contribution in [3.05, 3.63) is 0 Å². The third kappa shape index (κ3) is 4.23. The first-order valence-electron chi connectivity index (χ1n) is 7.41. The lowest BCUT2D eigenvalue weighted by molar-refractivity contribution is 0.0989.